The van der Waals surface area contributed by atoms with Crippen molar-refractivity contribution in [2.45, 2.75) is 0 Å². The van der Waals surface area contributed by atoms with Gasteiger partial charge in [-0.15, -0.1) is 0 Å². The number of para-hydroxylation sites is 1. The quantitative estimate of drug-likeness (QED) is 0.584. The van der Waals surface area contributed by atoms with Gasteiger partial charge in [-0.1, -0.05) is 18.2 Å². The summed E-state index contributed by atoms with van der Waals surface area (Å²) in [5.41, 5.74) is 13.0. The van der Waals surface area contributed by atoms with E-state index in [9.17, 15) is 0 Å². The highest BCUT2D eigenvalue weighted by Gasteiger charge is 2.09. The van der Waals surface area contributed by atoms with Gasteiger partial charge in [-0.25, -0.2) is 9.61 Å². The molecule has 0 atom stereocenters. The number of nitrogen functional groups attached to an aromatic ring is 1. The number of hydrazine groups is 1. The van der Waals surface area contributed by atoms with Gasteiger partial charge in [-0.05, 0) is 22.4 Å². The molecular formula is C10H9N7O. The molecule has 18 heavy (non-hydrogen) atoms. The summed E-state index contributed by atoms with van der Waals surface area (Å²) < 4.78 is 4.51. The number of fused-ring (bicyclic) bond motifs is 1. The maximum atomic E-state index is 5.72. The van der Waals surface area contributed by atoms with Gasteiger partial charge in [0.25, 0.3) is 0 Å². The van der Waals surface area contributed by atoms with Crippen LogP contribution < -0.4 is 16.6 Å². The van der Waals surface area contributed by atoms with E-state index in [4.69, 9.17) is 5.73 Å². The minimum atomic E-state index is 0.210. The maximum Gasteiger partial charge on any atom is 0.245 e. The van der Waals surface area contributed by atoms with Crippen molar-refractivity contribution >= 4 is 28.6 Å². The van der Waals surface area contributed by atoms with Crippen molar-refractivity contribution in [3.63, 3.8) is 0 Å². The number of nitrogens with zero attached hydrogens (tertiary/aromatic N) is 4. The SMILES string of the molecule is Nc1nc2nonc2nc1NNc1ccccc1. The zero-order valence-corrected chi connectivity index (χ0v) is 9.16. The lowest BCUT2D eigenvalue weighted by atomic mass is 10.3. The van der Waals surface area contributed by atoms with Crippen LogP contribution in [0.4, 0.5) is 17.3 Å². The molecule has 2 heterocycles. The van der Waals surface area contributed by atoms with E-state index in [1.54, 1.807) is 0 Å². The largest absolute Gasteiger partial charge is 0.380 e. The third-order valence-corrected chi connectivity index (χ3v) is 2.24. The molecule has 0 amide bonds. The molecule has 0 spiro atoms. The molecule has 0 aliphatic rings. The Morgan fingerprint density at radius 3 is 2.44 bits per heavy atom. The lowest BCUT2D eigenvalue weighted by molar-refractivity contribution is 0.314. The fourth-order valence-electron chi connectivity index (χ4n) is 1.40. The highest BCUT2D eigenvalue weighted by atomic mass is 16.6. The molecule has 0 saturated heterocycles. The first-order chi connectivity index (χ1) is 8.83. The van der Waals surface area contributed by atoms with Gasteiger partial charge in [0, 0.05) is 0 Å². The van der Waals surface area contributed by atoms with Crippen LogP contribution in [-0.4, -0.2) is 20.3 Å². The Morgan fingerprint density at radius 2 is 1.67 bits per heavy atom. The van der Waals surface area contributed by atoms with Crippen LogP contribution in [0, 0.1) is 0 Å². The average Bonchev–Trinajstić information content (AvgIpc) is 2.84. The van der Waals surface area contributed by atoms with Crippen LogP contribution in [-0.2, 0) is 0 Å². The van der Waals surface area contributed by atoms with Gasteiger partial charge in [-0.2, -0.15) is 4.98 Å². The second-order valence-corrected chi connectivity index (χ2v) is 3.48. The lowest BCUT2D eigenvalue weighted by Gasteiger charge is -2.09. The minimum Gasteiger partial charge on any atom is -0.380 e. The van der Waals surface area contributed by atoms with Crippen LogP contribution in [0.5, 0.6) is 0 Å². The van der Waals surface area contributed by atoms with E-state index in [0.29, 0.717) is 11.5 Å². The highest BCUT2D eigenvalue weighted by molar-refractivity contribution is 5.72. The zero-order valence-electron chi connectivity index (χ0n) is 9.16. The third-order valence-electron chi connectivity index (χ3n) is 2.24. The van der Waals surface area contributed by atoms with Crippen molar-refractivity contribution in [3.05, 3.63) is 30.3 Å². The zero-order chi connectivity index (χ0) is 12.4. The molecule has 1 aromatic carbocycles. The first-order valence-corrected chi connectivity index (χ1v) is 5.16. The Balaban J connectivity index is 1.84. The molecule has 0 aliphatic heterocycles. The summed E-state index contributed by atoms with van der Waals surface area (Å²) in [7, 11) is 0. The fourth-order valence-corrected chi connectivity index (χ4v) is 1.40. The summed E-state index contributed by atoms with van der Waals surface area (Å²) in [6.07, 6.45) is 0. The van der Waals surface area contributed by atoms with Gasteiger partial charge in [0.05, 0.1) is 5.69 Å². The Bertz CT molecular complexity index is 666. The molecule has 90 valence electrons. The van der Waals surface area contributed by atoms with Gasteiger partial charge >= 0.3 is 0 Å². The van der Waals surface area contributed by atoms with Gasteiger partial charge < -0.3 is 5.73 Å². The summed E-state index contributed by atoms with van der Waals surface area (Å²) in [6, 6.07) is 9.53. The van der Waals surface area contributed by atoms with Crippen LogP contribution in [0.2, 0.25) is 0 Å². The smallest absolute Gasteiger partial charge is 0.245 e. The van der Waals surface area contributed by atoms with Crippen LogP contribution in [0.1, 0.15) is 0 Å². The summed E-state index contributed by atoms with van der Waals surface area (Å²) in [5.74, 6) is 0.573. The number of hydrogen-bond donors (Lipinski definition) is 3. The van der Waals surface area contributed by atoms with Crippen molar-refractivity contribution < 1.29 is 4.63 Å². The first-order valence-electron chi connectivity index (χ1n) is 5.16. The van der Waals surface area contributed by atoms with Crippen molar-refractivity contribution in [3.8, 4) is 0 Å². The van der Waals surface area contributed by atoms with Crippen molar-refractivity contribution in [2.24, 2.45) is 0 Å². The second-order valence-electron chi connectivity index (χ2n) is 3.48. The summed E-state index contributed by atoms with van der Waals surface area (Å²) in [6.45, 7) is 0. The van der Waals surface area contributed by atoms with E-state index in [0.717, 1.165) is 5.69 Å². The molecule has 0 radical (unpaired) electrons. The van der Waals surface area contributed by atoms with E-state index in [1.165, 1.54) is 0 Å². The Hall–Kier alpha value is -2.90. The van der Waals surface area contributed by atoms with E-state index < -0.39 is 0 Å². The summed E-state index contributed by atoms with van der Waals surface area (Å²) >= 11 is 0. The van der Waals surface area contributed by atoms with Crippen molar-refractivity contribution in [1.29, 1.82) is 0 Å². The van der Waals surface area contributed by atoms with Crippen LogP contribution >= 0.6 is 0 Å². The fraction of sp³-hybridized carbons (Fsp3) is 0. The molecule has 2 aromatic heterocycles. The van der Waals surface area contributed by atoms with Gasteiger partial charge in [0.2, 0.25) is 11.3 Å². The van der Waals surface area contributed by atoms with Crippen molar-refractivity contribution in [1.82, 2.24) is 20.3 Å². The average molecular weight is 243 g/mol. The topological polar surface area (TPSA) is 115 Å². The molecule has 3 rings (SSSR count). The van der Waals surface area contributed by atoms with E-state index in [1.807, 2.05) is 30.3 Å². The Morgan fingerprint density at radius 1 is 0.944 bits per heavy atom. The number of nitrogens with two attached hydrogens (primary N) is 1. The molecule has 3 aromatic rings. The lowest BCUT2D eigenvalue weighted by Crippen LogP contribution is -2.12. The molecule has 8 heteroatoms. The van der Waals surface area contributed by atoms with Crippen LogP contribution in [0.3, 0.4) is 0 Å². The summed E-state index contributed by atoms with van der Waals surface area (Å²) in [4.78, 5) is 8.11. The second kappa shape index (κ2) is 4.17. The molecule has 0 unspecified atom stereocenters. The Kier molecular flexibility index (Phi) is 2.38. The number of hydrogen-bond acceptors (Lipinski definition) is 8. The van der Waals surface area contributed by atoms with Crippen LogP contribution in [0.15, 0.2) is 35.0 Å². The monoisotopic (exact) mass is 243 g/mol. The first kappa shape index (κ1) is 10.3. The highest BCUT2D eigenvalue weighted by Crippen LogP contribution is 2.16. The van der Waals surface area contributed by atoms with E-state index in [-0.39, 0.29) is 11.5 Å². The van der Waals surface area contributed by atoms with Gasteiger partial charge in [-0.3, -0.25) is 10.9 Å². The number of benzene rings is 1. The minimum absolute atomic E-state index is 0.210. The van der Waals surface area contributed by atoms with Crippen molar-refractivity contribution in [2.75, 3.05) is 16.6 Å². The molecule has 4 N–H and O–H groups in total. The molecule has 0 bridgehead atoms. The molecule has 0 saturated carbocycles. The number of aromatic nitrogens is 4. The number of anilines is 3. The standard InChI is InChI=1S/C10H9N7O/c11-7-8(13-10-9(12-7)16-18-17-10)15-14-6-4-2-1-3-5-6/h1-5,14H,(H2,11,12,16)(H,13,15,17). The molecule has 0 aliphatic carbocycles. The molecule has 0 fully saturated rings. The van der Waals surface area contributed by atoms with Gasteiger partial charge in [0.1, 0.15) is 0 Å². The van der Waals surface area contributed by atoms with Crippen LogP contribution in [0.25, 0.3) is 11.3 Å². The predicted molar refractivity (Wildman–Crippen MR) is 65.5 cm³/mol. The van der Waals surface area contributed by atoms with E-state index >= 15 is 0 Å². The molecule has 8 nitrogen and oxygen atoms in total. The van der Waals surface area contributed by atoms with E-state index in [2.05, 4.69) is 35.8 Å². The maximum absolute atomic E-state index is 5.72. The van der Waals surface area contributed by atoms with Gasteiger partial charge in [0.15, 0.2) is 11.6 Å². The number of rotatable bonds is 3. The Labute approximate surface area is 101 Å². The molecular weight excluding hydrogens is 234 g/mol. The summed E-state index contributed by atoms with van der Waals surface area (Å²) in [5, 5.41) is 7.14. The predicted octanol–water partition coefficient (Wildman–Crippen LogP) is 1.03. The number of nitrogens with one attached hydrogen (secondary N) is 2. The normalized spacial score (nSPS) is 10.4. The third kappa shape index (κ3) is 1.86.